The van der Waals surface area contributed by atoms with Crippen molar-refractivity contribution in [2.45, 2.75) is 33.6 Å². The highest BCUT2D eigenvalue weighted by Crippen LogP contribution is 2.05. The van der Waals surface area contributed by atoms with E-state index in [2.05, 4.69) is 24.1 Å². The van der Waals surface area contributed by atoms with E-state index in [-0.39, 0.29) is 24.2 Å². The largest absolute Gasteiger partial charge is 0.370 e. The van der Waals surface area contributed by atoms with Crippen molar-refractivity contribution >= 4 is 11.8 Å². The van der Waals surface area contributed by atoms with Gasteiger partial charge in [0.05, 0.1) is 0 Å². The lowest BCUT2D eigenvalue weighted by atomic mass is 10.0. The van der Waals surface area contributed by atoms with Gasteiger partial charge in [-0.15, -0.1) is 0 Å². The van der Waals surface area contributed by atoms with Crippen LogP contribution in [0.3, 0.4) is 0 Å². The van der Waals surface area contributed by atoms with Crippen molar-refractivity contribution in [2.75, 3.05) is 26.2 Å². The van der Waals surface area contributed by atoms with Gasteiger partial charge in [-0.25, -0.2) is 0 Å². The van der Waals surface area contributed by atoms with Crippen LogP contribution in [-0.4, -0.2) is 42.9 Å². The maximum atomic E-state index is 11.5. The maximum absolute atomic E-state index is 11.5. The van der Waals surface area contributed by atoms with E-state index < -0.39 is 0 Å². The van der Waals surface area contributed by atoms with Gasteiger partial charge in [0.15, 0.2) is 0 Å². The smallest absolute Gasteiger partial charge is 0.220 e. The normalized spacial score (nSPS) is 12.5. The average Bonchev–Trinajstić information content (AvgIpc) is 2.23. The van der Waals surface area contributed by atoms with Gasteiger partial charge in [0.2, 0.25) is 11.8 Å². The van der Waals surface area contributed by atoms with E-state index in [1.807, 2.05) is 6.92 Å². The molecule has 0 spiro atoms. The number of hydrogen-bond donors (Lipinski definition) is 2. The van der Waals surface area contributed by atoms with Crippen LogP contribution in [0.2, 0.25) is 0 Å². The molecule has 2 amide bonds. The van der Waals surface area contributed by atoms with E-state index in [1.165, 1.54) is 0 Å². The van der Waals surface area contributed by atoms with Gasteiger partial charge in [0.1, 0.15) is 0 Å². The predicted octanol–water partition coefficient (Wildman–Crippen LogP) is 0.346. The van der Waals surface area contributed by atoms with Gasteiger partial charge in [0, 0.05) is 25.9 Å². The molecule has 0 aliphatic heterocycles. The molecule has 100 valence electrons. The molecule has 0 saturated heterocycles. The molecule has 0 heterocycles. The van der Waals surface area contributed by atoms with Crippen molar-refractivity contribution in [3.63, 3.8) is 0 Å². The first-order chi connectivity index (χ1) is 7.99. The van der Waals surface area contributed by atoms with Crippen LogP contribution in [0.4, 0.5) is 0 Å². The number of rotatable bonds is 9. The van der Waals surface area contributed by atoms with Crippen molar-refractivity contribution in [1.82, 2.24) is 10.2 Å². The van der Waals surface area contributed by atoms with Crippen LogP contribution < -0.4 is 11.1 Å². The van der Waals surface area contributed by atoms with Crippen LogP contribution in [0.15, 0.2) is 0 Å². The van der Waals surface area contributed by atoms with Gasteiger partial charge in [-0.05, 0) is 19.0 Å². The summed E-state index contributed by atoms with van der Waals surface area (Å²) in [5.74, 6) is -0.347. The lowest BCUT2D eigenvalue weighted by Gasteiger charge is -2.18. The Hall–Kier alpha value is -1.10. The van der Waals surface area contributed by atoms with Gasteiger partial charge >= 0.3 is 0 Å². The second-order valence-corrected chi connectivity index (χ2v) is 4.36. The second-order valence-electron chi connectivity index (χ2n) is 4.36. The van der Waals surface area contributed by atoms with Gasteiger partial charge in [-0.1, -0.05) is 20.8 Å². The average molecular weight is 243 g/mol. The number of carbonyl (C=O) groups is 2. The van der Waals surface area contributed by atoms with Crippen molar-refractivity contribution in [1.29, 1.82) is 0 Å². The van der Waals surface area contributed by atoms with Crippen molar-refractivity contribution in [3.8, 4) is 0 Å². The number of nitrogens with one attached hydrogen (secondary N) is 1. The number of primary amides is 1. The summed E-state index contributed by atoms with van der Waals surface area (Å²) in [5.41, 5.74) is 5.07. The fraction of sp³-hybridized carbons (Fsp3) is 0.833. The third-order valence-corrected chi connectivity index (χ3v) is 2.73. The molecule has 0 bridgehead atoms. The zero-order valence-corrected chi connectivity index (χ0v) is 11.2. The third-order valence-electron chi connectivity index (χ3n) is 2.73. The van der Waals surface area contributed by atoms with Crippen LogP contribution >= 0.6 is 0 Å². The molecular formula is C12H25N3O2. The summed E-state index contributed by atoms with van der Waals surface area (Å²) < 4.78 is 0. The molecule has 0 fully saturated rings. The van der Waals surface area contributed by atoms with Crippen LogP contribution in [-0.2, 0) is 9.59 Å². The first-order valence-electron chi connectivity index (χ1n) is 6.26. The van der Waals surface area contributed by atoms with E-state index in [4.69, 9.17) is 5.73 Å². The highest BCUT2D eigenvalue weighted by Gasteiger charge is 2.11. The molecule has 17 heavy (non-hydrogen) atoms. The summed E-state index contributed by atoms with van der Waals surface area (Å²) in [6.07, 6.45) is 0.630. The Morgan fingerprint density at radius 1 is 1.24 bits per heavy atom. The molecular weight excluding hydrogens is 218 g/mol. The summed E-state index contributed by atoms with van der Waals surface area (Å²) in [5, 5.41) is 2.85. The highest BCUT2D eigenvalue weighted by atomic mass is 16.2. The van der Waals surface area contributed by atoms with Crippen molar-refractivity contribution in [3.05, 3.63) is 0 Å². The number of nitrogens with two attached hydrogens (primary N) is 1. The molecule has 1 atom stereocenters. The van der Waals surface area contributed by atoms with E-state index in [0.29, 0.717) is 13.0 Å². The minimum Gasteiger partial charge on any atom is -0.370 e. The highest BCUT2D eigenvalue weighted by molar-refractivity contribution is 5.78. The van der Waals surface area contributed by atoms with Crippen LogP contribution in [0, 0.1) is 5.92 Å². The van der Waals surface area contributed by atoms with E-state index in [0.717, 1.165) is 19.6 Å². The first kappa shape index (κ1) is 15.9. The number of hydrogen-bond acceptors (Lipinski definition) is 3. The fourth-order valence-corrected chi connectivity index (χ4v) is 1.70. The van der Waals surface area contributed by atoms with Gasteiger partial charge in [-0.3, -0.25) is 9.59 Å². The van der Waals surface area contributed by atoms with Crippen LogP contribution in [0.5, 0.6) is 0 Å². The van der Waals surface area contributed by atoms with Gasteiger partial charge < -0.3 is 16.0 Å². The molecule has 3 N–H and O–H groups in total. The molecule has 0 rings (SSSR count). The Balaban J connectivity index is 3.69. The third kappa shape index (κ3) is 8.68. The summed E-state index contributed by atoms with van der Waals surface area (Å²) in [4.78, 5) is 24.4. The standard InChI is InChI=1S/C12H25N3O2/c1-4-15(5-2)7-6-14-12(17)9-10(3)8-11(13)16/h10H,4-9H2,1-3H3,(H2,13,16)(H,14,17)/t10-/m1/s1. The van der Waals surface area contributed by atoms with Crippen molar-refractivity contribution < 1.29 is 9.59 Å². The Labute approximate surface area is 104 Å². The van der Waals surface area contributed by atoms with E-state index >= 15 is 0 Å². The Kier molecular flexibility index (Phi) is 8.40. The molecule has 5 heteroatoms. The Bertz CT molecular complexity index is 240. The van der Waals surface area contributed by atoms with Crippen LogP contribution in [0.25, 0.3) is 0 Å². The molecule has 0 unspecified atom stereocenters. The number of amides is 2. The van der Waals surface area contributed by atoms with Gasteiger partial charge in [0.25, 0.3) is 0 Å². The molecule has 0 saturated carbocycles. The lowest BCUT2D eigenvalue weighted by Crippen LogP contribution is -2.35. The minimum atomic E-state index is -0.353. The molecule has 5 nitrogen and oxygen atoms in total. The van der Waals surface area contributed by atoms with Crippen molar-refractivity contribution in [2.24, 2.45) is 11.7 Å². The van der Waals surface area contributed by atoms with Crippen LogP contribution in [0.1, 0.15) is 33.6 Å². The van der Waals surface area contributed by atoms with E-state index in [9.17, 15) is 9.59 Å². The second kappa shape index (κ2) is 8.98. The summed E-state index contributed by atoms with van der Waals surface area (Å²) in [6.45, 7) is 9.55. The Morgan fingerprint density at radius 3 is 2.29 bits per heavy atom. The maximum Gasteiger partial charge on any atom is 0.220 e. The molecule has 0 aliphatic carbocycles. The zero-order chi connectivity index (χ0) is 13.3. The molecule has 0 aromatic carbocycles. The monoisotopic (exact) mass is 243 g/mol. The fourth-order valence-electron chi connectivity index (χ4n) is 1.70. The Morgan fingerprint density at radius 2 is 1.82 bits per heavy atom. The number of carbonyl (C=O) groups excluding carboxylic acids is 2. The quantitative estimate of drug-likeness (QED) is 0.613. The van der Waals surface area contributed by atoms with E-state index in [1.54, 1.807) is 0 Å². The summed E-state index contributed by atoms with van der Waals surface area (Å²) >= 11 is 0. The summed E-state index contributed by atoms with van der Waals surface area (Å²) in [6, 6.07) is 0. The number of likely N-dealkylation sites (N-methyl/N-ethyl adjacent to an activating group) is 1. The zero-order valence-electron chi connectivity index (χ0n) is 11.2. The minimum absolute atomic E-state index is 0.00842. The molecule has 0 aromatic rings. The lowest BCUT2D eigenvalue weighted by molar-refractivity contribution is -0.122. The topological polar surface area (TPSA) is 75.4 Å². The SMILES string of the molecule is CCN(CC)CCNC(=O)C[C@H](C)CC(N)=O. The molecule has 0 radical (unpaired) electrons. The predicted molar refractivity (Wildman–Crippen MR) is 68.4 cm³/mol. The summed E-state index contributed by atoms with van der Waals surface area (Å²) in [7, 11) is 0. The first-order valence-corrected chi connectivity index (χ1v) is 6.26. The molecule has 0 aromatic heterocycles. The molecule has 0 aliphatic rings. The number of nitrogens with zero attached hydrogens (tertiary/aromatic N) is 1. The van der Waals surface area contributed by atoms with Gasteiger partial charge in [-0.2, -0.15) is 0 Å².